The molecule has 0 atom stereocenters. The SMILES string of the molecule is CCNCc1occc1-c1cccc(CC(C)C)c1. The van der Waals surface area contributed by atoms with Gasteiger partial charge in [-0.1, -0.05) is 45.0 Å². The molecule has 2 nitrogen and oxygen atoms in total. The van der Waals surface area contributed by atoms with Gasteiger partial charge < -0.3 is 9.73 Å². The molecule has 0 amide bonds. The Hall–Kier alpha value is -1.54. The smallest absolute Gasteiger partial charge is 0.125 e. The highest BCUT2D eigenvalue weighted by Gasteiger charge is 2.09. The third-order valence-electron chi connectivity index (χ3n) is 3.16. The van der Waals surface area contributed by atoms with Crippen LogP contribution in [0.2, 0.25) is 0 Å². The Kier molecular flexibility index (Phi) is 4.80. The molecule has 102 valence electrons. The molecule has 2 rings (SSSR count). The topological polar surface area (TPSA) is 25.2 Å². The lowest BCUT2D eigenvalue weighted by atomic mass is 9.98. The van der Waals surface area contributed by atoms with Crippen molar-refractivity contribution in [3.8, 4) is 11.1 Å². The lowest BCUT2D eigenvalue weighted by Crippen LogP contribution is -2.11. The van der Waals surface area contributed by atoms with Gasteiger partial charge in [0.05, 0.1) is 12.8 Å². The predicted molar refractivity (Wildman–Crippen MR) is 80.1 cm³/mol. The van der Waals surface area contributed by atoms with Crippen LogP contribution in [0.3, 0.4) is 0 Å². The number of hydrogen-bond acceptors (Lipinski definition) is 2. The molecule has 1 heterocycles. The summed E-state index contributed by atoms with van der Waals surface area (Å²) in [6.07, 6.45) is 2.89. The van der Waals surface area contributed by atoms with Gasteiger partial charge in [-0.3, -0.25) is 0 Å². The predicted octanol–water partition coefficient (Wildman–Crippen LogP) is 4.25. The highest BCUT2D eigenvalue weighted by Crippen LogP contribution is 2.26. The quantitative estimate of drug-likeness (QED) is 0.836. The average Bonchev–Trinajstić information content (AvgIpc) is 2.84. The van der Waals surface area contributed by atoms with Crippen molar-refractivity contribution in [1.29, 1.82) is 0 Å². The molecule has 0 saturated carbocycles. The summed E-state index contributed by atoms with van der Waals surface area (Å²) in [5.74, 6) is 1.70. The van der Waals surface area contributed by atoms with Crippen LogP contribution >= 0.6 is 0 Å². The molecule has 0 aliphatic rings. The molecular weight excluding hydrogens is 234 g/mol. The van der Waals surface area contributed by atoms with E-state index in [1.807, 2.05) is 0 Å². The first-order chi connectivity index (χ1) is 9.20. The Bertz CT molecular complexity index is 513. The van der Waals surface area contributed by atoms with Gasteiger partial charge in [-0.15, -0.1) is 0 Å². The lowest BCUT2D eigenvalue weighted by Gasteiger charge is -2.08. The van der Waals surface area contributed by atoms with E-state index < -0.39 is 0 Å². The van der Waals surface area contributed by atoms with E-state index in [0.717, 1.165) is 25.3 Å². The molecule has 19 heavy (non-hydrogen) atoms. The Balaban J connectivity index is 2.23. The van der Waals surface area contributed by atoms with Crippen molar-refractivity contribution in [3.05, 3.63) is 47.9 Å². The average molecular weight is 257 g/mol. The molecule has 0 radical (unpaired) electrons. The van der Waals surface area contributed by atoms with Crippen LogP contribution < -0.4 is 5.32 Å². The Labute approximate surface area is 115 Å². The number of furan rings is 1. The highest BCUT2D eigenvalue weighted by molar-refractivity contribution is 5.66. The maximum Gasteiger partial charge on any atom is 0.125 e. The number of rotatable bonds is 6. The largest absolute Gasteiger partial charge is 0.467 e. The molecule has 1 aromatic carbocycles. The van der Waals surface area contributed by atoms with Gasteiger partial charge in [0.2, 0.25) is 0 Å². The molecule has 0 saturated heterocycles. The normalized spacial score (nSPS) is 11.2. The fraction of sp³-hybridized carbons (Fsp3) is 0.412. The first-order valence-electron chi connectivity index (χ1n) is 7.07. The van der Waals surface area contributed by atoms with E-state index >= 15 is 0 Å². The molecule has 0 aliphatic heterocycles. The van der Waals surface area contributed by atoms with E-state index in [9.17, 15) is 0 Å². The molecule has 2 aromatic rings. The minimum absolute atomic E-state index is 0.681. The van der Waals surface area contributed by atoms with Crippen molar-refractivity contribution in [2.24, 2.45) is 5.92 Å². The Morgan fingerprint density at radius 1 is 1.21 bits per heavy atom. The van der Waals surface area contributed by atoms with Crippen molar-refractivity contribution >= 4 is 0 Å². The van der Waals surface area contributed by atoms with Crippen LogP contribution in [-0.2, 0) is 13.0 Å². The summed E-state index contributed by atoms with van der Waals surface area (Å²) >= 11 is 0. The fourth-order valence-corrected chi connectivity index (χ4v) is 2.31. The molecule has 1 N–H and O–H groups in total. The summed E-state index contributed by atoms with van der Waals surface area (Å²) in [6, 6.07) is 10.8. The summed E-state index contributed by atoms with van der Waals surface area (Å²) in [4.78, 5) is 0. The zero-order valence-electron chi connectivity index (χ0n) is 12.1. The van der Waals surface area contributed by atoms with Crippen molar-refractivity contribution in [1.82, 2.24) is 5.32 Å². The van der Waals surface area contributed by atoms with Crippen LogP contribution in [-0.4, -0.2) is 6.54 Å². The van der Waals surface area contributed by atoms with Gasteiger partial charge in [0.15, 0.2) is 0 Å². The van der Waals surface area contributed by atoms with Crippen LogP contribution in [0.4, 0.5) is 0 Å². The summed E-state index contributed by atoms with van der Waals surface area (Å²) in [6.45, 7) is 8.34. The molecule has 0 fully saturated rings. The molecule has 0 unspecified atom stereocenters. The first-order valence-corrected chi connectivity index (χ1v) is 7.07. The fourth-order valence-electron chi connectivity index (χ4n) is 2.31. The van der Waals surface area contributed by atoms with E-state index in [-0.39, 0.29) is 0 Å². The Morgan fingerprint density at radius 2 is 2.05 bits per heavy atom. The van der Waals surface area contributed by atoms with E-state index in [2.05, 4.69) is 56.4 Å². The second kappa shape index (κ2) is 6.58. The van der Waals surface area contributed by atoms with Gasteiger partial charge in [-0.2, -0.15) is 0 Å². The van der Waals surface area contributed by atoms with Gasteiger partial charge in [0.25, 0.3) is 0 Å². The summed E-state index contributed by atoms with van der Waals surface area (Å²) in [7, 11) is 0. The molecular formula is C17H23NO. The van der Waals surface area contributed by atoms with Gasteiger partial charge >= 0.3 is 0 Å². The van der Waals surface area contributed by atoms with E-state index in [4.69, 9.17) is 4.42 Å². The van der Waals surface area contributed by atoms with Crippen LogP contribution in [0, 0.1) is 5.92 Å². The van der Waals surface area contributed by atoms with Crippen molar-refractivity contribution in [2.75, 3.05) is 6.54 Å². The standard InChI is InChI=1S/C17H23NO/c1-4-18-12-17-16(8-9-19-17)15-7-5-6-14(11-15)10-13(2)3/h5-9,11,13,18H,4,10,12H2,1-3H3. The molecule has 0 bridgehead atoms. The van der Waals surface area contributed by atoms with Crippen molar-refractivity contribution < 1.29 is 4.42 Å². The van der Waals surface area contributed by atoms with E-state index in [1.165, 1.54) is 16.7 Å². The van der Waals surface area contributed by atoms with Crippen LogP contribution in [0.5, 0.6) is 0 Å². The molecule has 2 heteroatoms. The van der Waals surface area contributed by atoms with Gasteiger partial charge in [-0.05, 0) is 36.1 Å². The monoisotopic (exact) mass is 257 g/mol. The third kappa shape index (κ3) is 3.71. The number of benzene rings is 1. The zero-order chi connectivity index (χ0) is 13.7. The minimum atomic E-state index is 0.681. The van der Waals surface area contributed by atoms with Crippen LogP contribution in [0.25, 0.3) is 11.1 Å². The van der Waals surface area contributed by atoms with Gasteiger partial charge in [0, 0.05) is 5.56 Å². The minimum Gasteiger partial charge on any atom is -0.467 e. The first kappa shape index (κ1) is 13.9. The van der Waals surface area contributed by atoms with Crippen LogP contribution in [0.15, 0.2) is 41.0 Å². The Morgan fingerprint density at radius 3 is 2.79 bits per heavy atom. The van der Waals surface area contributed by atoms with Gasteiger partial charge in [-0.25, -0.2) is 0 Å². The summed E-state index contributed by atoms with van der Waals surface area (Å²) in [5.41, 5.74) is 3.84. The van der Waals surface area contributed by atoms with E-state index in [0.29, 0.717) is 5.92 Å². The van der Waals surface area contributed by atoms with Crippen LogP contribution in [0.1, 0.15) is 32.1 Å². The second-order valence-corrected chi connectivity index (χ2v) is 5.34. The van der Waals surface area contributed by atoms with Crippen molar-refractivity contribution in [3.63, 3.8) is 0 Å². The maximum absolute atomic E-state index is 5.58. The summed E-state index contributed by atoms with van der Waals surface area (Å²) < 4.78 is 5.58. The molecule has 1 aromatic heterocycles. The zero-order valence-corrected chi connectivity index (χ0v) is 12.1. The lowest BCUT2D eigenvalue weighted by molar-refractivity contribution is 0.489. The van der Waals surface area contributed by atoms with Crippen molar-refractivity contribution in [2.45, 2.75) is 33.7 Å². The number of hydrogen-bond donors (Lipinski definition) is 1. The number of nitrogens with one attached hydrogen (secondary N) is 1. The van der Waals surface area contributed by atoms with Gasteiger partial charge in [0.1, 0.15) is 5.76 Å². The molecule has 0 spiro atoms. The maximum atomic E-state index is 5.58. The second-order valence-electron chi connectivity index (χ2n) is 5.34. The van der Waals surface area contributed by atoms with E-state index in [1.54, 1.807) is 6.26 Å². The third-order valence-corrected chi connectivity index (χ3v) is 3.16. The molecule has 0 aliphatic carbocycles. The highest BCUT2D eigenvalue weighted by atomic mass is 16.3. The summed E-state index contributed by atoms with van der Waals surface area (Å²) in [5, 5.41) is 3.31.